The maximum atomic E-state index is 12.4. The van der Waals surface area contributed by atoms with Crippen molar-refractivity contribution >= 4 is 56.8 Å². The summed E-state index contributed by atoms with van der Waals surface area (Å²) in [4.78, 5) is 24.7. The zero-order valence-electron chi connectivity index (χ0n) is 17.2. The van der Waals surface area contributed by atoms with Gasteiger partial charge in [-0.1, -0.05) is 35.5 Å². The van der Waals surface area contributed by atoms with Gasteiger partial charge in [0.1, 0.15) is 0 Å². The molecule has 1 aromatic heterocycles. The Morgan fingerprint density at radius 1 is 1.16 bits per heavy atom. The van der Waals surface area contributed by atoms with Crippen molar-refractivity contribution in [1.29, 1.82) is 0 Å². The van der Waals surface area contributed by atoms with Crippen molar-refractivity contribution in [3.8, 4) is 0 Å². The summed E-state index contributed by atoms with van der Waals surface area (Å²) in [5.74, 6) is 0.309. The topological polar surface area (TPSA) is 88.9 Å². The Hall–Kier alpha value is -2.36. The fourth-order valence-electron chi connectivity index (χ4n) is 2.72. The molecule has 1 heterocycles. The average molecular weight is 523 g/mol. The summed E-state index contributed by atoms with van der Waals surface area (Å²) in [7, 11) is 1.79. The van der Waals surface area contributed by atoms with Crippen molar-refractivity contribution in [2.45, 2.75) is 25.5 Å². The van der Waals surface area contributed by atoms with E-state index < -0.39 is 0 Å². The first-order valence-corrected chi connectivity index (χ1v) is 11.5. The molecular formula is C21H21BrClN5O2S. The SMILES string of the molecule is Cc1cc(Br)c(NC(=O)CSc2nnc(CNC(=O)c3ccccc3Cl)n2C)cc1C. The van der Waals surface area contributed by atoms with Crippen LogP contribution in [0.15, 0.2) is 46.0 Å². The van der Waals surface area contributed by atoms with Crippen LogP contribution in [0.4, 0.5) is 5.69 Å². The molecule has 2 N–H and O–H groups in total. The first-order chi connectivity index (χ1) is 14.8. The second kappa shape index (κ2) is 10.3. The van der Waals surface area contributed by atoms with Crippen LogP contribution < -0.4 is 10.6 Å². The van der Waals surface area contributed by atoms with Gasteiger partial charge in [-0.2, -0.15) is 0 Å². The second-order valence-corrected chi connectivity index (χ2v) is 9.08. The lowest BCUT2D eigenvalue weighted by Crippen LogP contribution is -2.24. The van der Waals surface area contributed by atoms with Gasteiger partial charge >= 0.3 is 0 Å². The summed E-state index contributed by atoms with van der Waals surface area (Å²) >= 11 is 10.8. The van der Waals surface area contributed by atoms with Gasteiger partial charge in [0.05, 0.1) is 28.6 Å². The molecule has 162 valence electrons. The van der Waals surface area contributed by atoms with Gasteiger partial charge in [-0.05, 0) is 65.2 Å². The van der Waals surface area contributed by atoms with Gasteiger partial charge in [-0.25, -0.2) is 0 Å². The number of thioether (sulfide) groups is 1. The summed E-state index contributed by atoms with van der Waals surface area (Å²) in [6, 6.07) is 10.7. The summed E-state index contributed by atoms with van der Waals surface area (Å²) in [6.45, 7) is 4.21. The molecule has 0 saturated heterocycles. The predicted octanol–water partition coefficient (Wildman–Crippen LogP) is 4.51. The molecule has 0 radical (unpaired) electrons. The number of halogens is 2. The van der Waals surface area contributed by atoms with Crippen LogP contribution in [0.3, 0.4) is 0 Å². The van der Waals surface area contributed by atoms with Crippen LogP contribution in [0, 0.1) is 13.8 Å². The third kappa shape index (κ3) is 5.87. The molecule has 7 nitrogen and oxygen atoms in total. The van der Waals surface area contributed by atoms with Crippen LogP contribution in [0.25, 0.3) is 0 Å². The van der Waals surface area contributed by atoms with Crippen LogP contribution in [-0.2, 0) is 18.4 Å². The molecule has 0 bridgehead atoms. The molecule has 31 heavy (non-hydrogen) atoms. The van der Waals surface area contributed by atoms with Crippen molar-refractivity contribution in [3.63, 3.8) is 0 Å². The van der Waals surface area contributed by atoms with Crippen molar-refractivity contribution in [3.05, 3.63) is 68.4 Å². The Morgan fingerprint density at radius 3 is 2.61 bits per heavy atom. The number of anilines is 1. The van der Waals surface area contributed by atoms with E-state index in [4.69, 9.17) is 11.6 Å². The van der Waals surface area contributed by atoms with E-state index in [9.17, 15) is 9.59 Å². The lowest BCUT2D eigenvalue weighted by Gasteiger charge is -2.10. The highest BCUT2D eigenvalue weighted by Gasteiger charge is 2.15. The van der Waals surface area contributed by atoms with E-state index in [2.05, 4.69) is 36.8 Å². The molecule has 0 aliphatic carbocycles. The van der Waals surface area contributed by atoms with Crippen LogP contribution >= 0.6 is 39.3 Å². The summed E-state index contributed by atoms with van der Waals surface area (Å²) in [5, 5.41) is 14.9. The van der Waals surface area contributed by atoms with Crippen molar-refractivity contribution in [2.24, 2.45) is 7.05 Å². The van der Waals surface area contributed by atoms with E-state index in [1.807, 2.05) is 26.0 Å². The number of amides is 2. The minimum atomic E-state index is -0.291. The monoisotopic (exact) mass is 521 g/mol. The van der Waals surface area contributed by atoms with E-state index in [1.165, 1.54) is 11.8 Å². The minimum Gasteiger partial charge on any atom is -0.345 e. The molecule has 0 unspecified atom stereocenters. The molecule has 0 fully saturated rings. The number of nitrogens with one attached hydrogen (secondary N) is 2. The maximum Gasteiger partial charge on any atom is 0.253 e. The molecule has 0 aliphatic rings. The van der Waals surface area contributed by atoms with E-state index in [1.54, 1.807) is 35.9 Å². The van der Waals surface area contributed by atoms with Gasteiger partial charge in [0.15, 0.2) is 11.0 Å². The van der Waals surface area contributed by atoms with Gasteiger partial charge in [0.2, 0.25) is 5.91 Å². The number of aryl methyl sites for hydroxylation is 2. The highest BCUT2D eigenvalue weighted by Crippen LogP contribution is 2.26. The first kappa shape index (κ1) is 23.3. The second-order valence-electron chi connectivity index (χ2n) is 6.87. The number of carbonyl (C=O) groups is 2. The summed E-state index contributed by atoms with van der Waals surface area (Å²) in [6.07, 6.45) is 0. The molecule has 2 aromatic carbocycles. The Bertz CT molecular complexity index is 1130. The van der Waals surface area contributed by atoms with E-state index in [-0.39, 0.29) is 24.1 Å². The van der Waals surface area contributed by atoms with Crippen LogP contribution in [0.5, 0.6) is 0 Å². The third-order valence-electron chi connectivity index (χ3n) is 4.64. The Labute approximate surface area is 198 Å². The Kier molecular flexibility index (Phi) is 7.74. The van der Waals surface area contributed by atoms with Crippen LogP contribution in [0.1, 0.15) is 27.3 Å². The number of carbonyl (C=O) groups excluding carboxylic acids is 2. The number of aromatic nitrogens is 3. The van der Waals surface area contributed by atoms with E-state index in [0.717, 1.165) is 21.3 Å². The van der Waals surface area contributed by atoms with E-state index in [0.29, 0.717) is 21.6 Å². The van der Waals surface area contributed by atoms with Crippen LogP contribution in [0.2, 0.25) is 5.02 Å². The number of hydrogen-bond acceptors (Lipinski definition) is 5. The largest absolute Gasteiger partial charge is 0.345 e. The molecule has 0 saturated carbocycles. The average Bonchev–Trinajstić information content (AvgIpc) is 3.08. The van der Waals surface area contributed by atoms with Gasteiger partial charge < -0.3 is 15.2 Å². The molecular weight excluding hydrogens is 502 g/mol. The maximum absolute atomic E-state index is 12.4. The molecule has 2 amide bonds. The highest BCUT2D eigenvalue weighted by atomic mass is 79.9. The van der Waals surface area contributed by atoms with Crippen molar-refractivity contribution in [2.75, 3.05) is 11.1 Å². The molecule has 0 spiro atoms. The molecule has 0 atom stereocenters. The Morgan fingerprint density at radius 2 is 1.87 bits per heavy atom. The van der Waals surface area contributed by atoms with E-state index >= 15 is 0 Å². The Balaban J connectivity index is 1.55. The van der Waals surface area contributed by atoms with Gasteiger partial charge in [-0.3, -0.25) is 9.59 Å². The standard InChI is InChI=1S/C21H21BrClN5O2S/c1-12-8-15(22)17(9-13(12)2)25-19(29)11-31-21-27-26-18(28(21)3)10-24-20(30)14-6-4-5-7-16(14)23/h4-9H,10-11H2,1-3H3,(H,24,30)(H,25,29). The zero-order valence-corrected chi connectivity index (χ0v) is 20.4. The minimum absolute atomic E-state index is 0.148. The number of rotatable bonds is 7. The first-order valence-electron chi connectivity index (χ1n) is 9.36. The number of nitrogens with zero attached hydrogens (tertiary/aromatic N) is 3. The molecule has 0 aliphatic heterocycles. The number of hydrogen-bond donors (Lipinski definition) is 2. The normalized spacial score (nSPS) is 10.7. The predicted molar refractivity (Wildman–Crippen MR) is 127 cm³/mol. The van der Waals surface area contributed by atoms with Crippen LogP contribution in [-0.4, -0.2) is 32.3 Å². The van der Waals surface area contributed by atoms with Gasteiger partial charge in [0, 0.05) is 11.5 Å². The number of benzene rings is 2. The highest BCUT2D eigenvalue weighted by molar-refractivity contribution is 9.10. The van der Waals surface area contributed by atoms with Crippen molar-refractivity contribution < 1.29 is 9.59 Å². The fraction of sp³-hybridized carbons (Fsp3) is 0.238. The lowest BCUT2D eigenvalue weighted by molar-refractivity contribution is -0.113. The third-order valence-corrected chi connectivity index (χ3v) is 6.65. The quantitative estimate of drug-likeness (QED) is 0.446. The smallest absolute Gasteiger partial charge is 0.253 e. The molecule has 3 aromatic rings. The zero-order chi connectivity index (χ0) is 22.5. The van der Waals surface area contributed by atoms with Gasteiger partial charge in [-0.15, -0.1) is 10.2 Å². The fourth-order valence-corrected chi connectivity index (χ4v) is 4.23. The van der Waals surface area contributed by atoms with Gasteiger partial charge in [0.25, 0.3) is 5.91 Å². The molecule has 3 rings (SSSR count). The summed E-state index contributed by atoms with van der Waals surface area (Å²) in [5.41, 5.74) is 3.38. The summed E-state index contributed by atoms with van der Waals surface area (Å²) < 4.78 is 2.58. The lowest BCUT2D eigenvalue weighted by atomic mass is 10.1. The van der Waals surface area contributed by atoms with Crippen molar-refractivity contribution in [1.82, 2.24) is 20.1 Å². The molecule has 10 heteroatoms.